The number of ether oxygens (including phenoxy) is 3. The number of rotatable bonds is 10. The number of esters is 1. The maximum absolute atomic E-state index is 14.0. The molecule has 1 aliphatic rings. The molecule has 1 aliphatic heterocycles. The van der Waals surface area contributed by atoms with Crippen LogP contribution in [-0.4, -0.2) is 41.6 Å². The van der Waals surface area contributed by atoms with Crippen LogP contribution in [0.15, 0.2) is 118 Å². The highest BCUT2D eigenvalue weighted by molar-refractivity contribution is 5.99. The van der Waals surface area contributed by atoms with Crippen LogP contribution in [0.3, 0.4) is 0 Å². The molecule has 44 heavy (non-hydrogen) atoms. The summed E-state index contributed by atoms with van der Waals surface area (Å²) in [6.07, 6.45) is 0. The molecular formula is C35H30N2O7. The van der Waals surface area contributed by atoms with Gasteiger partial charge in [0.25, 0.3) is 0 Å². The second kappa shape index (κ2) is 12.3. The van der Waals surface area contributed by atoms with Crippen LogP contribution in [-0.2, 0) is 27.5 Å². The van der Waals surface area contributed by atoms with E-state index in [4.69, 9.17) is 18.6 Å². The molecule has 9 heteroatoms. The van der Waals surface area contributed by atoms with Gasteiger partial charge in [0.1, 0.15) is 18.1 Å². The van der Waals surface area contributed by atoms with Crippen molar-refractivity contribution in [3.8, 4) is 34.1 Å². The SMILES string of the molecule is COc1ccc(CN2C(=O)[C@@H](n3c(-c4ccccc4)c(-c4ccccc4)oc3=O)[C@H]2C(=O)OCc2ccccc2)c(OC)c1. The number of benzene rings is 4. The van der Waals surface area contributed by atoms with Crippen LogP contribution in [0.25, 0.3) is 22.6 Å². The van der Waals surface area contributed by atoms with Gasteiger partial charge in [0.2, 0.25) is 5.91 Å². The van der Waals surface area contributed by atoms with Gasteiger partial charge in [0.15, 0.2) is 17.8 Å². The van der Waals surface area contributed by atoms with Gasteiger partial charge in [0.05, 0.1) is 26.5 Å². The highest BCUT2D eigenvalue weighted by atomic mass is 16.5. The molecule has 222 valence electrons. The normalized spacial score (nSPS) is 15.9. The summed E-state index contributed by atoms with van der Waals surface area (Å²) in [4.78, 5) is 42.8. The fourth-order valence-corrected chi connectivity index (χ4v) is 5.48. The molecule has 4 aromatic carbocycles. The molecule has 2 atom stereocenters. The molecule has 0 radical (unpaired) electrons. The second-order valence-corrected chi connectivity index (χ2v) is 10.3. The summed E-state index contributed by atoms with van der Waals surface area (Å²) in [5.74, 6) is -0.426. The zero-order chi connectivity index (χ0) is 30.6. The Hall–Kier alpha value is -5.57. The zero-order valence-electron chi connectivity index (χ0n) is 24.2. The quantitative estimate of drug-likeness (QED) is 0.157. The van der Waals surface area contributed by atoms with Gasteiger partial charge in [-0.1, -0.05) is 91.0 Å². The van der Waals surface area contributed by atoms with E-state index in [0.717, 1.165) is 5.56 Å². The summed E-state index contributed by atoms with van der Waals surface area (Å²) in [5, 5.41) is 0. The van der Waals surface area contributed by atoms with Crippen LogP contribution in [0.4, 0.5) is 0 Å². The Kier molecular flexibility index (Phi) is 8.01. The first-order valence-electron chi connectivity index (χ1n) is 14.1. The standard InChI is InChI=1S/C35H30N2O7/c1-41-27-19-18-26(28(20-27)42-2)21-36-31(34(39)43-22-23-12-6-3-7-13-23)30(33(36)38)37-29(24-14-8-4-9-15-24)32(44-35(37)40)25-16-10-5-11-17-25/h3-20,30-31H,21-22H2,1-2H3/t30-,31-/m0/s1. The van der Waals surface area contributed by atoms with E-state index in [1.165, 1.54) is 16.6 Å². The summed E-state index contributed by atoms with van der Waals surface area (Å²) in [6.45, 7) is 0.0598. The molecule has 0 unspecified atom stereocenters. The number of nitrogens with zero attached hydrogens (tertiary/aromatic N) is 2. The molecule has 1 aromatic heterocycles. The minimum atomic E-state index is -1.19. The number of hydrogen-bond acceptors (Lipinski definition) is 7. The van der Waals surface area contributed by atoms with Crippen molar-refractivity contribution in [2.75, 3.05) is 14.2 Å². The third kappa shape index (κ3) is 5.35. The van der Waals surface area contributed by atoms with Crippen molar-refractivity contribution in [2.45, 2.75) is 25.2 Å². The third-order valence-corrected chi connectivity index (χ3v) is 7.67. The Labute approximate surface area is 253 Å². The van der Waals surface area contributed by atoms with E-state index in [1.54, 1.807) is 25.3 Å². The van der Waals surface area contributed by atoms with Gasteiger partial charge in [-0.15, -0.1) is 0 Å². The lowest BCUT2D eigenvalue weighted by Crippen LogP contribution is -2.65. The summed E-state index contributed by atoms with van der Waals surface area (Å²) in [7, 11) is 3.07. The predicted molar refractivity (Wildman–Crippen MR) is 163 cm³/mol. The van der Waals surface area contributed by atoms with E-state index in [2.05, 4.69) is 0 Å². The molecule has 6 rings (SSSR count). The van der Waals surface area contributed by atoms with Crippen molar-refractivity contribution in [1.82, 2.24) is 9.47 Å². The molecule has 1 amide bonds. The molecular weight excluding hydrogens is 560 g/mol. The van der Waals surface area contributed by atoms with Gasteiger partial charge in [-0.05, 0) is 17.7 Å². The van der Waals surface area contributed by atoms with Crippen molar-refractivity contribution in [3.05, 3.63) is 131 Å². The molecule has 0 bridgehead atoms. The van der Waals surface area contributed by atoms with Crippen LogP contribution < -0.4 is 15.2 Å². The van der Waals surface area contributed by atoms with Crippen LogP contribution >= 0.6 is 0 Å². The number of hydrogen-bond donors (Lipinski definition) is 0. The Morgan fingerprint density at radius 2 is 1.43 bits per heavy atom. The van der Waals surface area contributed by atoms with E-state index >= 15 is 0 Å². The maximum atomic E-state index is 14.0. The van der Waals surface area contributed by atoms with Crippen molar-refractivity contribution in [2.24, 2.45) is 0 Å². The van der Waals surface area contributed by atoms with Crippen molar-refractivity contribution in [1.29, 1.82) is 0 Å². The number of carbonyl (C=O) groups excluding carboxylic acids is 2. The van der Waals surface area contributed by atoms with Crippen LogP contribution in [0, 0.1) is 0 Å². The Balaban J connectivity index is 1.43. The van der Waals surface area contributed by atoms with Gasteiger partial charge in [-0.2, -0.15) is 0 Å². The van der Waals surface area contributed by atoms with E-state index < -0.39 is 29.7 Å². The van der Waals surface area contributed by atoms with E-state index in [0.29, 0.717) is 39.6 Å². The average Bonchev–Trinajstić information content (AvgIpc) is 3.41. The molecule has 2 heterocycles. The average molecular weight is 591 g/mol. The molecule has 9 nitrogen and oxygen atoms in total. The first-order valence-corrected chi connectivity index (χ1v) is 14.1. The van der Waals surface area contributed by atoms with E-state index in [1.807, 2.05) is 91.0 Å². The van der Waals surface area contributed by atoms with Gasteiger partial charge in [-0.3, -0.25) is 9.36 Å². The minimum Gasteiger partial charge on any atom is -0.497 e. The van der Waals surface area contributed by atoms with Gasteiger partial charge < -0.3 is 23.5 Å². The number of methoxy groups -OCH3 is 2. The number of amides is 1. The lowest BCUT2D eigenvalue weighted by atomic mass is 9.92. The lowest BCUT2D eigenvalue weighted by Gasteiger charge is -2.45. The predicted octanol–water partition coefficient (Wildman–Crippen LogP) is 5.49. The fraction of sp³-hybridized carbons (Fsp3) is 0.171. The molecule has 1 saturated heterocycles. The summed E-state index contributed by atoms with van der Waals surface area (Å²) in [6, 6.07) is 30.6. The Morgan fingerprint density at radius 1 is 0.795 bits per heavy atom. The largest absolute Gasteiger partial charge is 0.497 e. The van der Waals surface area contributed by atoms with Crippen LogP contribution in [0.5, 0.6) is 11.5 Å². The monoisotopic (exact) mass is 590 g/mol. The lowest BCUT2D eigenvalue weighted by molar-refractivity contribution is -0.174. The molecule has 0 aliphatic carbocycles. The third-order valence-electron chi connectivity index (χ3n) is 7.67. The number of carbonyl (C=O) groups is 2. The Bertz CT molecular complexity index is 1830. The van der Waals surface area contributed by atoms with Crippen LogP contribution in [0.2, 0.25) is 0 Å². The highest BCUT2D eigenvalue weighted by Crippen LogP contribution is 2.41. The summed E-state index contributed by atoms with van der Waals surface area (Å²) in [5.41, 5.74) is 3.19. The Morgan fingerprint density at radius 3 is 2.07 bits per heavy atom. The molecule has 1 fully saturated rings. The maximum Gasteiger partial charge on any atom is 0.420 e. The van der Waals surface area contributed by atoms with Crippen LogP contribution in [0.1, 0.15) is 17.2 Å². The number of likely N-dealkylation sites (tertiary alicyclic amines) is 1. The number of oxazole rings is 1. The smallest absolute Gasteiger partial charge is 0.420 e. The fourth-order valence-electron chi connectivity index (χ4n) is 5.48. The summed E-state index contributed by atoms with van der Waals surface area (Å²) < 4.78 is 23.7. The van der Waals surface area contributed by atoms with Crippen molar-refractivity contribution < 1.29 is 28.2 Å². The number of aromatic nitrogens is 1. The van der Waals surface area contributed by atoms with Crippen molar-refractivity contribution in [3.63, 3.8) is 0 Å². The first kappa shape index (κ1) is 28.5. The molecule has 0 saturated carbocycles. The van der Waals surface area contributed by atoms with Gasteiger partial charge in [-0.25, -0.2) is 9.59 Å². The molecule has 5 aromatic rings. The van der Waals surface area contributed by atoms with E-state index in [9.17, 15) is 14.4 Å². The molecule has 0 spiro atoms. The summed E-state index contributed by atoms with van der Waals surface area (Å²) >= 11 is 0. The highest BCUT2D eigenvalue weighted by Gasteiger charge is 2.55. The zero-order valence-corrected chi connectivity index (χ0v) is 24.2. The van der Waals surface area contributed by atoms with Gasteiger partial charge in [0, 0.05) is 22.8 Å². The minimum absolute atomic E-state index is 0.0118. The number of β-lactam (4-membered cyclic amide) rings is 1. The first-order chi connectivity index (χ1) is 21.5. The topological polar surface area (TPSA) is 100 Å². The molecule has 0 N–H and O–H groups in total. The van der Waals surface area contributed by atoms with E-state index in [-0.39, 0.29) is 13.2 Å². The van der Waals surface area contributed by atoms with Gasteiger partial charge >= 0.3 is 11.7 Å². The second-order valence-electron chi connectivity index (χ2n) is 10.3. The van der Waals surface area contributed by atoms with Crippen molar-refractivity contribution >= 4 is 11.9 Å².